The topological polar surface area (TPSA) is 93.5 Å². The molecule has 1 N–H and O–H groups in total. The quantitative estimate of drug-likeness (QED) is 0.177. The van der Waals surface area contributed by atoms with Gasteiger partial charge in [-0.3, -0.25) is 14.5 Å². The lowest BCUT2D eigenvalue weighted by atomic mass is 9.94. The van der Waals surface area contributed by atoms with Crippen molar-refractivity contribution in [3.63, 3.8) is 0 Å². The van der Waals surface area contributed by atoms with E-state index in [0.29, 0.717) is 34.6 Å². The summed E-state index contributed by atoms with van der Waals surface area (Å²) < 4.78 is 36.6. The van der Waals surface area contributed by atoms with Crippen molar-refractivity contribution in [1.82, 2.24) is 14.5 Å². The summed E-state index contributed by atoms with van der Waals surface area (Å²) in [4.78, 5) is 45.5. The highest BCUT2D eigenvalue weighted by Gasteiger charge is 2.24. The number of esters is 1. The molecule has 8 nitrogen and oxygen atoms in total. The van der Waals surface area contributed by atoms with Crippen LogP contribution in [0.2, 0.25) is 0 Å². The van der Waals surface area contributed by atoms with E-state index in [1.165, 1.54) is 23.8 Å². The summed E-state index contributed by atoms with van der Waals surface area (Å²) in [5.74, 6) is -2.22. The maximum Gasteiger partial charge on any atom is 0.343 e. The number of carbonyl (C=O) groups is 2. The van der Waals surface area contributed by atoms with Crippen LogP contribution in [0.3, 0.4) is 0 Å². The highest BCUT2D eigenvalue weighted by Crippen LogP contribution is 2.32. The molecule has 0 aliphatic carbocycles. The lowest BCUT2D eigenvalue weighted by Gasteiger charge is -2.23. The van der Waals surface area contributed by atoms with E-state index in [1.54, 1.807) is 38.2 Å². The van der Waals surface area contributed by atoms with E-state index in [9.17, 15) is 23.2 Å². The number of nitrogens with one attached hydrogen (secondary N) is 1. The van der Waals surface area contributed by atoms with E-state index in [1.807, 2.05) is 48.3 Å². The van der Waals surface area contributed by atoms with Gasteiger partial charge in [-0.05, 0) is 67.9 Å². The molecule has 2 aromatic heterocycles. The number of halogens is 2. The molecule has 1 amide bonds. The third-order valence-electron chi connectivity index (χ3n) is 7.41. The highest BCUT2D eigenvalue weighted by atomic mass is 19.1. The molecule has 0 bridgehead atoms. The van der Waals surface area contributed by atoms with Crippen molar-refractivity contribution in [3.05, 3.63) is 129 Å². The van der Waals surface area contributed by atoms with Crippen LogP contribution in [0.15, 0.2) is 90.0 Å². The lowest BCUT2D eigenvalue weighted by molar-refractivity contribution is -0.114. The number of nitrogens with zero attached hydrogens (tertiary/aromatic N) is 3. The van der Waals surface area contributed by atoms with E-state index in [0.717, 1.165) is 17.7 Å². The van der Waals surface area contributed by atoms with Gasteiger partial charge in [0.25, 0.3) is 0 Å². The first-order valence-electron chi connectivity index (χ1n) is 14.8. The second kappa shape index (κ2) is 13.8. The van der Waals surface area contributed by atoms with Gasteiger partial charge >= 0.3 is 5.97 Å². The normalized spacial score (nSPS) is 11.3. The number of amides is 1. The number of hydrogen-bond donors (Lipinski definition) is 1. The monoisotopic (exact) mass is 624 g/mol. The third-order valence-corrected chi connectivity index (χ3v) is 7.41. The summed E-state index contributed by atoms with van der Waals surface area (Å²) in [5.41, 5.74) is 2.37. The van der Waals surface area contributed by atoms with Gasteiger partial charge in [-0.1, -0.05) is 42.5 Å². The zero-order chi connectivity index (χ0) is 33.0. The Kier molecular flexibility index (Phi) is 9.67. The van der Waals surface area contributed by atoms with Crippen LogP contribution in [-0.2, 0) is 29.2 Å². The van der Waals surface area contributed by atoms with Gasteiger partial charge in [-0.2, -0.15) is 0 Å². The minimum atomic E-state index is -0.833. The molecule has 0 saturated heterocycles. The molecule has 0 radical (unpaired) electrons. The van der Waals surface area contributed by atoms with Crippen molar-refractivity contribution in [2.45, 2.75) is 46.5 Å². The molecular weight excluding hydrogens is 590 g/mol. The van der Waals surface area contributed by atoms with Gasteiger partial charge in [0.2, 0.25) is 11.3 Å². The fourth-order valence-electron chi connectivity index (χ4n) is 5.42. The number of aromatic nitrogens is 2. The number of rotatable bonds is 10. The fourth-order valence-corrected chi connectivity index (χ4v) is 5.42. The number of hydrogen-bond acceptors (Lipinski definition) is 6. The molecule has 3 aromatic carbocycles. The SMILES string of the molecule is CC(=O)Nc1ccc(-c2ccc3c(c2CN(C)Cc2ccccc2)c(=O)c(C(=O)OC(C)C)cn3Cc2c(F)cccc2F)cn1. The maximum absolute atomic E-state index is 14.9. The summed E-state index contributed by atoms with van der Waals surface area (Å²) in [5, 5.41) is 2.87. The van der Waals surface area contributed by atoms with Gasteiger partial charge in [0.15, 0.2) is 0 Å². The molecule has 0 spiro atoms. The molecule has 2 heterocycles. The molecular formula is C36H34F2N4O4. The predicted octanol–water partition coefficient (Wildman–Crippen LogP) is 6.55. The van der Waals surface area contributed by atoms with E-state index < -0.39 is 29.1 Å². The molecule has 46 heavy (non-hydrogen) atoms. The summed E-state index contributed by atoms with van der Waals surface area (Å²) in [6.45, 7) is 5.29. The van der Waals surface area contributed by atoms with Crippen LogP contribution in [0.25, 0.3) is 22.0 Å². The van der Waals surface area contributed by atoms with Crippen molar-refractivity contribution in [1.29, 1.82) is 0 Å². The van der Waals surface area contributed by atoms with Crippen LogP contribution < -0.4 is 10.7 Å². The predicted molar refractivity (Wildman–Crippen MR) is 173 cm³/mol. The van der Waals surface area contributed by atoms with Crippen LogP contribution in [0, 0.1) is 11.6 Å². The number of ether oxygens (including phenoxy) is 1. The molecule has 0 fully saturated rings. The number of fused-ring (bicyclic) bond motifs is 1. The lowest BCUT2D eigenvalue weighted by Crippen LogP contribution is -2.25. The molecule has 0 saturated carbocycles. The Hall–Kier alpha value is -5.22. The Morgan fingerprint density at radius 3 is 2.28 bits per heavy atom. The fraction of sp³-hybridized carbons (Fsp3) is 0.222. The van der Waals surface area contributed by atoms with E-state index in [2.05, 4.69) is 10.3 Å². The van der Waals surface area contributed by atoms with Gasteiger partial charge in [0.05, 0.1) is 23.6 Å². The first-order valence-corrected chi connectivity index (χ1v) is 14.8. The van der Waals surface area contributed by atoms with E-state index in [-0.39, 0.29) is 35.5 Å². The molecule has 0 atom stereocenters. The van der Waals surface area contributed by atoms with Gasteiger partial charge < -0.3 is 14.6 Å². The van der Waals surface area contributed by atoms with Crippen LogP contribution in [0.4, 0.5) is 14.6 Å². The molecule has 5 rings (SSSR count). The Labute approximate surface area is 265 Å². The Morgan fingerprint density at radius 1 is 0.935 bits per heavy atom. The molecule has 0 unspecified atom stereocenters. The third kappa shape index (κ3) is 7.18. The number of pyridine rings is 2. The van der Waals surface area contributed by atoms with E-state index >= 15 is 0 Å². The average molecular weight is 625 g/mol. The van der Waals surface area contributed by atoms with E-state index in [4.69, 9.17) is 4.74 Å². The second-order valence-electron chi connectivity index (χ2n) is 11.4. The van der Waals surface area contributed by atoms with Crippen LogP contribution in [0.1, 0.15) is 47.8 Å². The minimum absolute atomic E-state index is 0.208. The van der Waals surface area contributed by atoms with Gasteiger partial charge in [0.1, 0.15) is 23.0 Å². The Balaban J connectivity index is 1.75. The highest BCUT2D eigenvalue weighted by molar-refractivity contribution is 5.97. The zero-order valence-electron chi connectivity index (χ0n) is 26.0. The summed E-state index contributed by atoms with van der Waals surface area (Å²) in [6.07, 6.45) is 2.40. The van der Waals surface area contributed by atoms with Gasteiger partial charge in [0, 0.05) is 43.5 Å². The zero-order valence-corrected chi connectivity index (χ0v) is 26.0. The van der Waals surface area contributed by atoms with Crippen molar-refractivity contribution in [2.75, 3.05) is 12.4 Å². The molecule has 5 aromatic rings. The maximum atomic E-state index is 14.9. The van der Waals surface area contributed by atoms with Crippen LogP contribution in [0.5, 0.6) is 0 Å². The Bertz CT molecular complexity index is 1940. The summed E-state index contributed by atoms with van der Waals surface area (Å²) in [7, 11) is 1.91. The number of carbonyl (C=O) groups excluding carboxylic acids is 2. The second-order valence-corrected chi connectivity index (χ2v) is 11.4. The minimum Gasteiger partial charge on any atom is -0.459 e. The molecule has 236 valence electrons. The van der Waals surface area contributed by atoms with Crippen LogP contribution in [-0.4, -0.2) is 39.5 Å². The van der Waals surface area contributed by atoms with Crippen molar-refractivity contribution >= 4 is 28.6 Å². The standard InChI is InChI=1S/C36H34F2N4O4/c1-22(2)46-36(45)29-21-42(20-28-30(37)11-8-12-31(28)38)32-15-14-26(25-13-16-33(39-17-25)40-23(3)43)27(34(32)35(29)44)19-41(4)18-24-9-6-5-7-10-24/h5-17,21-22H,18-20H2,1-4H3,(H,39,40,43). The van der Waals surface area contributed by atoms with Crippen molar-refractivity contribution in [3.8, 4) is 11.1 Å². The molecule has 0 aliphatic heterocycles. The van der Waals surface area contributed by atoms with Gasteiger partial charge in [-0.25, -0.2) is 18.6 Å². The summed E-state index contributed by atoms with van der Waals surface area (Å²) >= 11 is 0. The van der Waals surface area contributed by atoms with Crippen LogP contribution >= 0.6 is 0 Å². The largest absolute Gasteiger partial charge is 0.459 e. The van der Waals surface area contributed by atoms with Crippen molar-refractivity contribution in [2.24, 2.45) is 0 Å². The molecule has 0 aliphatic rings. The first-order chi connectivity index (χ1) is 22.0. The molecule has 10 heteroatoms. The number of anilines is 1. The first kappa shape index (κ1) is 32.2. The number of benzene rings is 3. The summed E-state index contributed by atoms with van der Waals surface area (Å²) in [6, 6.07) is 20.4. The van der Waals surface area contributed by atoms with Gasteiger partial charge in [-0.15, -0.1) is 0 Å². The average Bonchev–Trinajstić information content (AvgIpc) is 3.00. The smallest absolute Gasteiger partial charge is 0.343 e. The van der Waals surface area contributed by atoms with Crippen molar-refractivity contribution < 1.29 is 23.1 Å². The Morgan fingerprint density at radius 2 is 1.65 bits per heavy atom.